The summed E-state index contributed by atoms with van der Waals surface area (Å²) in [5.41, 5.74) is -0.0764. The molecule has 1 fully saturated rings. The van der Waals surface area contributed by atoms with Crippen LogP contribution in [0.2, 0.25) is 0 Å². The fourth-order valence-corrected chi connectivity index (χ4v) is 3.97. The molecular formula is C14H17N5O3S. The Balaban J connectivity index is 2.05. The largest absolute Gasteiger partial charge is 0.332 e. The second kappa shape index (κ2) is 5.73. The molecule has 0 aliphatic carbocycles. The molecular weight excluding hydrogens is 318 g/mol. The third-order valence-electron chi connectivity index (χ3n) is 4.02. The molecule has 2 aromatic heterocycles. The Labute approximate surface area is 136 Å². The molecule has 1 amide bonds. The first-order valence-corrected chi connectivity index (χ1v) is 8.16. The minimum Gasteiger partial charge on any atom is -0.325 e. The molecule has 1 aliphatic rings. The van der Waals surface area contributed by atoms with E-state index in [0.717, 1.165) is 10.3 Å². The maximum Gasteiger partial charge on any atom is 0.332 e. The van der Waals surface area contributed by atoms with Crippen LogP contribution in [0.5, 0.6) is 0 Å². The summed E-state index contributed by atoms with van der Waals surface area (Å²) in [7, 11) is 3.03. The zero-order valence-corrected chi connectivity index (χ0v) is 13.7. The number of fused-ring (bicyclic) bond motifs is 1. The molecule has 1 atom stereocenters. The van der Waals surface area contributed by atoms with Crippen molar-refractivity contribution in [2.75, 3.05) is 12.3 Å². The smallest absolute Gasteiger partial charge is 0.325 e. The van der Waals surface area contributed by atoms with Crippen molar-refractivity contribution < 1.29 is 4.79 Å². The van der Waals surface area contributed by atoms with Crippen molar-refractivity contribution in [2.45, 2.75) is 11.9 Å². The first kappa shape index (κ1) is 15.6. The van der Waals surface area contributed by atoms with Gasteiger partial charge in [0.25, 0.3) is 5.56 Å². The summed E-state index contributed by atoms with van der Waals surface area (Å²) < 4.78 is 4.13. The first-order chi connectivity index (χ1) is 11.0. The Morgan fingerprint density at radius 2 is 2.17 bits per heavy atom. The number of hydrogen-bond donors (Lipinski definition) is 0. The van der Waals surface area contributed by atoms with Crippen LogP contribution in [-0.2, 0) is 25.4 Å². The van der Waals surface area contributed by atoms with Crippen molar-refractivity contribution >= 4 is 28.8 Å². The number of carbonyl (C=O) groups excluding carboxylic acids is 1. The number of aryl methyl sites for hydroxylation is 1. The highest BCUT2D eigenvalue weighted by Gasteiger charge is 2.29. The van der Waals surface area contributed by atoms with E-state index >= 15 is 0 Å². The number of imidazole rings is 1. The van der Waals surface area contributed by atoms with E-state index < -0.39 is 5.69 Å². The number of hydrogen-bond acceptors (Lipinski definition) is 5. The minimum absolute atomic E-state index is 0.0835. The number of amides is 1. The lowest BCUT2D eigenvalue weighted by atomic mass is 10.4. The van der Waals surface area contributed by atoms with Crippen LogP contribution in [-0.4, -0.2) is 47.2 Å². The second-order valence-electron chi connectivity index (χ2n) is 5.34. The molecule has 2 aromatic rings. The highest BCUT2D eigenvalue weighted by Crippen LogP contribution is 2.26. The van der Waals surface area contributed by atoms with Crippen molar-refractivity contribution in [3.8, 4) is 0 Å². The molecule has 122 valence electrons. The topological polar surface area (TPSA) is 82.1 Å². The van der Waals surface area contributed by atoms with E-state index in [0.29, 0.717) is 24.3 Å². The molecule has 3 rings (SSSR count). The number of rotatable bonds is 3. The quantitative estimate of drug-likeness (QED) is 0.708. The van der Waals surface area contributed by atoms with Crippen LogP contribution >= 0.6 is 11.8 Å². The first-order valence-electron chi connectivity index (χ1n) is 7.11. The van der Waals surface area contributed by atoms with Gasteiger partial charge < -0.3 is 9.47 Å². The van der Waals surface area contributed by atoms with E-state index in [1.165, 1.54) is 17.7 Å². The Hall–Kier alpha value is -2.29. The predicted octanol–water partition coefficient (Wildman–Crippen LogP) is -0.479. The van der Waals surface area contributed by atoms with Gasteiger partial charge in [-0.2, -0.15) is 0 Å². The van der Waals surface area contributed by atoms with Crippen LogP contribution in [0.25, 0.3) is 11.2 Å². The Morgan fingerprint density at radius 3 is 2.87 bits per heavy atom. The van der Waals surface area contributed by atoms with Gasteiger partial charge in [-0.25, -0.2) is 9.78 Å². The normalized spacial score (nSPS) is 17.8. The van der Waals surface area contributed by atoms with Crippen molar-refractivity contribution in [1.82, 2.24) is 23.6 Å². The fourth-order valence-electron chi connectivity index (χ4n) is 2.75. The molecule has 0 saturated carbocycles. The Kier molecular flexibility index (Phi) is 3.88. The van der Waals surface area contributed by atoms with Gasteiger partial charge in [0.1, 0.15) is 0 Å². The van der Waals surface area contributed by atoms with Crippen molar-refractivity contribution in [2.24, 2.45) is 14.1 Å². The molecule has 0 N–H and O–H groups in total. The molecule has 0 radical (unpaired) electrons. The molecule has 23 heavy (non-hydrogen) atoms. The van der Waals surface area contributed by atoms with Gasteiger partial charge in [0.05, 0.1) is 18.2 Å². The van der Waals surface area contributed by atoms with Crippen LogP contribution in [0.3, 0.4) is 0 Å². The molecule has 8 nitrogen and oxygen atoms in total. The molecule has 1 saturated heterocycles. The van der Waals surface area contributed by atoms with Crippen molar-refractivity contribution in [3.63, 3.8) is 0 Å². The summed E-state index contributed by atoms with van der Waals surface area (Å²) in [6.45, 7) is 4.62. The van der Waals surface area contributed by atoms with E-state index in [9.17, 15) is 14.4 Å². The van der Waals surface area contributed by atoms with E-state index in [1.54, 1.807) is 34.6 Å². The van der Waals surface area contributed by atoms with Gasteiger partial charge in [0.2, 0.25) is 5.91 Å². The van der Waals surface area contributed by atoms with Crippen molar-refractivity contribution in [1.29, 1.82) is 0 Å². The SMILES string of the molecule is C=CC(=O)N1CCSC1Cn1cnc2c1c(=O)n(C)c(=O)n2C. The molecule has 0 bridgehead atoms. The van der Waals surface area contributed by atoms with Gasteiger partial charge in [-0.3, -0.25) is 18.7 Å². The van der Waals surface area contributed by atoms with Gasteiger partial charge >= 0.3 is 5.69 Å². The summed E-state index contributed by atoms with van der Waals surface area (Å²) in [6, 6.07) is 0. The zero-order valence-electron chi connectivity index (χ0n) is 12.9. The average Bonchev–Trinajstić information content (AvgIpc) is 3.17. The van der Waals surface area contributed by atoms with Gasteiger partial charge in [0.15, 0.2) is 11.2 Å². The number of nitrogens with zero attached hydrogens (tertiary/aromatic N) is 5. The number of carbonyl (C=O) groups is 1. The molecule has 9 heteroatoms. The summed E-state index contributed by atoms with van der Waals surface area (Å²) in [4.78, 5) is 42.2. The highest BCUT2D eigenvalue weighted by molar-refractivity contribution is 8.00. The van der Waals surface area contributed by atoms with Gasteiger partial charge in [0, 0.05) is 26.4 Å². The number of aromatic nitrogens is 4. The third-order valence-corrected chi connectivity index (χ3v) is 5.22. The van der Waals surface area contributed by atoms with E-state index in [-0.39, 0.29) is 16.8 Å². The summed E-state index contributed by atoms with van der Waals surface area (Å²) in [5, 5.41) is -0.0835. The third kappa shape index (κ3) is 2.40. The van der Waals surface area contributed by atoms with Crippen LogP contribution in [0.15, 0.2) is 28.6 Å². The molecule has 1 aliphatic heterocycles. The lowest BCUT2D eigenvalue weighted by Crippen LogP contribution is -2.39. The predicted molar refractivity (Wildman–Crippen MR) is 88.4 cm³/mol. The van der Waals surface area contributed by atoms with Crippen molar-refractivity contribution in [3.05, 3.63) is 39.8 Å². The number of thioether (sulfide) groups is 1. The molecule has 3 heterocycles. The maximum atomic E-state index is 12.4. The maximum absolute atomic E-state index is 12.4. The van der Waals surface area contributed by atoms with E-state index in [4.69, 9.17) is 0 Å². The Bertz CT molecular complexity index is 909. The zero-order chi connectivity index (χ0) is 16.7. The van der Waals surface area contributed by atoms with Gasteiger partial charge in [-0.05, 0) is 6.08 Å². The molecule has 0 aromatic carbocycles. The summed E-state index contributed by atoms with van der Waals surface area (Å²) in [5.74, 6) is 0.720. The lowest BCUT2D eigenvalue weighted by Gasteiger charge is -2.22. The van der Waals surface area contributed by atoms with Gasteiger partial charge in [-0.15, -0.1) is 11.8 Å². The second-order valence-corrected chi connectivity index (χ2v) is 6.62. The van der Waals surface area contributed by atoms with Crippen LogP contribution in [0, 0.1) is 0 Å². The van der Waals surface area contributed by atoms with Crippen LogP contribution < -0.4 is 11.2 Å². The summed E-state index contributed by atoms with van der Waals surface area (Å²) >= 11 is 1.65. The van der Waals surface area contributed by atoms with E-state index in [2.05, 4.69) is 11.6 Å². The summed E-state index contributed by atoms with van der Waals surface area (Å²) in [6.07, 6.45) is 2.84. The van der Waals surface area contributed by atoms with E-state index in [1.807, 2.05) is 0 Å². The molecule has 0 spiro atoms. The highest BCUT2D eigenvalue weighted by atomic mass is 32.2. The minimum atomic E-state index is -0.411. The van der Waals surface area contributed by atoms with Crippen LogP contribution in [0.4, 0.5) is 0 Å². The fraction of sp³-hybridized carbons (Fsp3) is 0.429. The lowest BCUT2D eigenvalue weighted by molar-refractivity contribution is -0.126. The van der Waals surface area contributed by atoms with Crippen LogP contribution in [0.1, 0.15) is 0 Å². The van der Waals surface area contributed by atoms with Gasteiger partial charge in [-0.1, -0.05) is 6.58 Å². The Morgan fingerprint density at radius 1 is 1.43 bits per heavy atom. The molecule has 1 unspecified atom stereocenters. The average molecular weight is 335 g/mol. The standard InChI is InChI=1S/C14H17N5O3S/c1-4-9(20)19-5-6-23-10(19)7-18-8-15-12-11(18)13(21)17(3)14(22)16(12)2/h4,8,10H,1,5-7H2,2-3H3. The monoisotopic (exact) mass is 335 g/mol.